The highest BCUT2D eigenvalue weighted by molar-refractivity contribution is 14.1. The van der Waals surface area contributed by atoms with Gasteiger partial charge in [-0.3, -0.25) is 4.79 Å². The Balaban J connectivity index is 2.28. The van der Waals surface area contributed by atoms with Crippen molar-refractivity contribution in [1.82, 2.24) is 9.97 Å². The van der Waals surface area contributed by atoms with E-state index in [2.05, 4.69) is 53.8 Å². The van der Waals surface area contributed by atoms with E-state index in [0.29, 0.717) is 10.0 Å². The fourth-order valence-electron chi connectivity index (χ4n) is 1.25. The summed E-state index contributed by atoms with van der Waals surface area (Å²) in [7, 11) is 0. The van der Waals surface area contributed by atoms with E-state index in [-0.39, 0.29) is 16.9 Å². The Kier molecular flexibility index (Phi) is 4.52. The molecule has 1 N–H and O–H groups in total. The van der Waals surface area contributed by atoms with Crippen LogP contribution in [0, 0.1) is 3.57 Å². The van der Waals surface area contributed by atoms with Gasteiger partial charge >= 0.3 is 0 Å². The molecule has 0 saturated heterocycles. The molecule has 7 heteroatoms. The molecule has 0 saturated carbocycles. The number of nitrogens with one attached hydrogen (secondary N) is 1. The average Bonchev–Trinajstić information content (AvgIpc) is 2.35. The smallest absolute Gasteiger partial charge is 0.258 e. The van der Waals surface area contributed by atoms with E-state index in [0.717, 1.165) is 3.57 Å². The number of carbonyl (C=O) groups excluding carboxylic acids is 1. The maximum atomic E-state index is 12.1. The lowest BCUT2D eigenvalue weighted by Crippen LogP contribution is -2.14. The number of benzene rings is 1. The molecule has 92 valence electrons. The molecule has 0 bridgehead atoms. The van der Waals surface area contributed by atoms with Crippen LogP contribution in [-0.2, 0) is 0 Å². The lowest BCUT2D eigenvalue weighted by molar-refractivity contribution is 0.102. The van der Waals surface area contributed by atoms with Gasteiger partial charge in [0.2, 0.25) is 0 Å². The van der Waals surface area contributed by atoms with E-state index in [4.69, 9.17) is 11.6 Å². The summed E-state index contributed by atoms with van der Waals surface area (Å²) in [5.41, 5.74) is 0.517. The molecule has 1 heterocycles. The molecule has 2 rings (SSSR count). The molecule has 1 amide bonds. The summed E-state index contributed by atoms with van der Waals surface area (Å²) in [5, 5.41) is 2.78. The average molecular weight is 438 g/mol. The van der Waals surface area contributed by atoms with Gasteiger partial charge in [-0.1, -0.05) is 11.6 Å². The van der Waals surface area contributed by atoms with Gasteiger partial charge in [-0.15, -0.1) is 0 Å². The van der Waals surface area contributed by atoms with E-state index >= 15 is 0 Å². The van der Waals surface area contributed by atoms with Gasteiger partial charge in [0.1, 0.15) is 0 Å². The van der Waals surface area contributed by atoms with Gasteiger partial charge < -0.3 is 5.32 Å². The van der Waals surface area contributed by atoms with Crippen molar-refractivity contribution in [2.24, 2.45) is 0 Å². The highest BCUT2D eigenvalue weighted by atomic mass is 127. The number of hydrogen-bond donors (Lipinski definition) is 1. The molecular weight excluding hydrogens is 432 g/mol. The standard InChI is InChI=1S/C11H6BrClIN3O/c12-8-2-1-6(14)5-7(8)11(18)17-10-9(13)15-3-4-16-10/h1-5H,(H,16,17,18). The van der Waals surface area contributed by atoms with Gasteiger partial charge in [0, 0.05) is 20.4 Å². The van der Waals surface area contributed by atoms with Crippen molar-refractivity contribution < 1.29 is 4.79 Å². The number of aromatic nitrogens is 2. The third-order valence-corrected chi connectivity index (χ3v) is 3.70. The Hall–Kier alpha value is -0.730. The number of carbonyl (C=O) groups is 1. The van der Waals surface area contributed by atoms with Crippen molar-refractivity contribution in [3.05, 3.63) is 49.4 Å². The SMILES string of the molecule is O=C(Nc1nccnc1Cl)c1cc(I)ccc1Br. The van der Waals surface area contributed by atoms with E-state index in [1.165, 1.54) is 12.4 Å². The van der Waals surface area contributed by atoms with Gasteiger partial charge in [-0.2, -0.15) is 0 Å². The van der Waals surface area contributed by atoms with Crippen LogP contribution in [0.4, 0.5) is 5.82 Å². The number of hydrogen-bond acceptors (Lipinski definition) is 3. The Labute approximate surface area is 130 Å². The van der Waals surface area contributed by atoms with Crippen molar-refractivity contribution in [2.75, 3.05) is 5.32 Å². The molecule has 0 aliphatic heterocycles. The van der Waals surface area contributed by atoms with Gasteiger partial charge in [-0.25, -0.2) is 9.97 Å². The summed E-state index contributed by atoms with van der Waals surface area (Å²) in [6, 6.07) is 5.48. The van der Waals surface area contributed by atoms with Crippen LogP contribution < -0.4 is 5.32 Å². The third kappa shape index (κ3) is 3.18. The minimum absolute atomic E-state index is 0.160. The minimum atomic E-state index is -0.289. The topological polar surface area (TPSA) is 54.9 Å². The molecule has 0 spiro atoms. The van der Waals surface area contributed by atoms with Crippen LogP contribution in [0.3, 0.4) is 0 Å². The van der Waals surface area contributed by atoms with Crippen LogP contribution >= 0.6 is 50.1 Å². The van der Waals surface area contributed by atoms with Crippen molar-refractivity contribution in [2.45, 2.75) is 0 Å². The predicted octanol–water partition coefficient (Wildman–Crippen LogP) is 3.75. The number of halogens is 3. The molecule has 4 nitrogen and oxygen atoms in total. The first-order valence-electron chi connectivity index (χ1n) is 4.81. The summed E-state index contributed by atoms with van der Waals surface area (Å²) < 4.78 is 1.67. The van der Waals surface area contributed by atoms with Crippen LogP contribution in [-0.4, -0.2) is 15.9 Å². The van der Waals surface area contributed by atoms with Gasteiger partial charge in [-0.05, 0) is 56.7 Å². The van der Waals surface area contributed by atoms with Crippen molar-refractivity contribution in [3.63, 3.8) is 0 Å². The second-order valence-electron chi connectivity index (χ2n) is 3.27. The zero-order valence-electron chi connectivity index (χ0n) is 8.82. The molecule has 0 unspecified atom stereocenters. The molecule has 0 atom stereocenters. The van der Waals surface area contributed by atoms with Crippen LogP contribution in [0.15, 0.2) is 35.1 Å². The summed E-state index contributed by atoms with van der Waals surface area (Å²) in [5.74, 6) is -0.0438. The molecule has 2 aromatic rings. The highest BCUT2D eigenvalue weighted by Gasteiger charge is 2.13. The van der Waals surface area contributed by atoms with Gasteiger partial charge in [0.15, 0.2) is 11.0 Å². The summed E-state index contributed by atoms with van der Waals surface area (Å²) in [4.78, 5) is 19.9. The second kappa shape index (κ2) is 5.94. The van der Waals surface area contributed by atoms with Crippen molar-refractivity contribution >= 4 is 61.8 Å². The van der Waals surface area contributed by atoms with Crippen LogP contribution in [0.25, 0.3) is 0 Å². The Morgan fingerprint density at radius 2 is 2.06 bits per heavy atom. The number of nitrogens with zero attached hydrogens (tertiary/aromatic N) is 2. The number of rotatable bonds is 2. The largest absolute Gasteiger partial charge is 0.304 e. The predicted molar refractivity (Wildman–Crippen MR) is 81.9 cm³/mol. The Morgan fingerprint density at radius 3 is 2.78 bits per heavy atom. The van der Waals surface area contributed by atoms with Crippen molar-refractivity contribution in [1.29, 1.82) is 0 Å². The Morgan fingerprint density at radius 1 is 1.33 bits per heavy atom. The monoisotopic (exact) mass is 437 g/mol. The summed E-state index contributed by atoms with van der Waals surface area (Å²) in [6.45, 7) is 0. The quantitative estimate of drug-likeness (QED) is 0.727. The van der Waals surface area contributed by atoms with Gasteiger partial charge in [0.05, 0.1) is 5.56 Å². The molecule has 0 aliphatic rings. The van der Waals surface area contributed by atoms with E-state index in [1.807, 2.05) is 12.1 Å². The lowest BCUT2D eigenvalue weighted by atomic mass is 10.2. The number of amides is 1. The van der Waals surface area contributed by atoms with E-state index in [1.54, 1.807) is 6.07 Å². The first-order chi connectivity index (χ1) is 8.58. The van der Waals surface area contributed by atoms with Crippen LogP contribution in [0.5, 0.6) is 0 Å². The maximum absolute atomic E-state index is 12.1. The van der Waals surface area contributed by atoms with Crippen molar-refractivity contribution in [3.8, 4) is 0 Å². The van der Waals surface area contributed by atoms with E-state index < -0.39 is 0 Å². The third-order valence-electron chi connectivity index (χ3n) is 2.06. The zero-order chi connectivity index (χ0) is 13.1. The first kappa shape index (κ1) is 13.7. The molecule has 1 aromatic heterocycles. The highest BCUT2D eigenvalue weighted by Crippen LogP contribution is 2.22. The normalized spacial score (nSPS) is 10.2. The second-order valence-corrected chi connectivity index (χ2v) is 5.73. The fraction of sp³-hybridized carbons (Fsp3) is 0. The first-order valence-corrected chi connectivity index (χ1v) is 7.06. The zero-order valence-corrected chi connectivity index (χ0v) is 13.3. The minimum Gasteiger partial charge on any atom is -0.304 e. The van der Waals surface area contributed by atoms with Crippen LogP contribution in [0.2, 0.25) is 5.15 Å². The van der Waals surface area contributed by atoms with Gasteiger partial charge in [0.25, 0.3) is 5.91 Å². The van der Waals surface area contributed by atoms with Crippen LogP contribution in [0.1, 0.15) is 10.4 Å². The fourth-order valence-corrected chi connectivity index (χ4v) is 2.32. The summed E-state index contributed by atoms with van der Waals surface area (Å²) >= 11 is 11.3. The van der Waals surface area contributed by atoms with E-state index in [9.17, 15) is 4.79 Å². The molecule has 18 heavy (non-hydrogen) atoms. The summed E-state index contributed by atoms with van der Waals surface area (Å²) in [6.07, 6.45) is 2.92. The number of anilines is 1. The molecular formula is C11H6BrClIN3O. The Bertz CT molecular complexity index is 609. The lowest BCUT2D eigenvalue weighted by Gasteiger charge is -2.07. The molecule has 1 aromatic carbocycles. The molecule has 0 aliphatic carbocycles. The maximum Gasteiger partial charge on any atom is 0.258 e. The molecule has 0 radical (unpaired) electrons. The molecule has 0 fully saturated rings.